The average Bonchev–Trinajstić information content (AvgIpc) is 2.34. The van der Waals surface area contributed by atoms with Crippen molar-refractivity contribution < 1.29 is 8.91 Å². The zero-order valence-corrected chi connectivity index (χ0v) is 15.3. The number of benzene rings is 1. The van der Waals surface area contributed by atoms with Crippen LogP contribution in [0.2, 0.25) is 32.2 Å². The van der Waals surface area contributed by atoms with Crippen LogP contribution in [0.3, 0.4) is 0 Å². The molecule has 20 heavy (non-hydrogen) atoms. The Kier molecular flexibility index (Phi) is 6.16. The number of carbonyl (C=O) groups excluding carboxylic acids is 1. The van der Waals surface area contributed by atoms with E-state index in [0.717, 1.165) is 19.0 Å². The van der Waals surface area contributed by atoms with Crippen molar-refractivity contribution in [3.05, 3.63) is 30.3 Å². The van der Waals surface area contributed by atoms with Crippen LogP contribution in [-0.4, -0.2) is 29.1 Å². The molecule has 5 heteroatoms. The summed E-state index contributed by atoms with van der Waals surface area (Å²) in [5.41, 5.74) is 0. The van der Waals surface area contributed by atoms with E-state index in [4.69, 9.17) is 4.12 Å². The zero-order chi connectivity index (χ0) is 15.2. The Bertz CT molecular complexity index is 433. The van der Waals surface area contributed by atoms with Gasteiger partial charge >= 0.3 is 0 Å². The molecule has 1 aromatic rings. The smallest absolute Gasteiger partial charge is 0.216 e. The highest BCUT2D eigenvalue weighted by Gasteiger charge is 2.33. The molecule has 0 heterocycles. The Morgan fingerprint density at radius 1 is 1.15 bits per heavy atom. The second kappa shape index (κ2) is 7.20. The van der Waals surface area contributed by atoms with Gasteiger partial charge in [0.2, 0.25) is 14.2 Å². The molecule has 0 fully saturated rings. The summed E-state index contributed by atoms with van der Waals surface area (Å²) in [6, 6.07) is 11.6. The first-order valence-electron chi connectivity index (χ1n) is 7.23. The maximum atomic E-state index is 10.9. The van der Waals surface area contributed by atoms with E-state index in [0.29, 0.717) is 0 Å². The van der Waals surface area contributed by atoms with E-state index in [1.165, 1.54) is 5.19 Å². The highest BCUT2D eigenvalue weighted by Crippen LogP contribution is 2.19. The maximum absolute atomic E-state index is 10.9. The van der Waals surface area contributed by atoms with Crippen molar-refractivity contribution in [1.29, 1.82) is 0 Å². The van der Waals surface area contributed by atoms with Gasteiger partial charge in [0, 0.05) is 13.5 Å². The maximum Gasteiger partial charge on any atom is 0.216 e. The van der Waals surface area contributed by atoms with Gasteiger partial charge in [0.1, 0.15) is 0 Å². The average molecular weight is 310 g/mol. The van der Waals surface area contributed by atoms with Gasteiger partial charge in [-0.25, -0.2) is 0 Å². The lowest BCUT2D eigenvalue weighted by atomic mass is 10.4. The van der Waals surface area contributed by atoms with E-state index >= 15 is 0 Å². The van der Waals surface area contributed by atoms with Gasteiger partial charge < -0.3 is 9.43 Å². The first-order valence-corrected chi connectivity index (χ1v) is 13.3. The molecule has 0 saturated heterocycles. The van der Waals surface area contributed by atoms with E-state index in [9.17, 15) is 4.79 Å². The molecule has 0 aromatic heterocycles. The van der Waals surface area contributed by atoms with E-state index in [1.54, 1.807) is 6.92 Å². The van der Waals surface area contributed by atoms with Crippen LogP contribution in [-0.2, 0) is 8.91 Å². The molecule has 0 bridgehead atoms. The second-order valence-electron chi connectivity index (χ2n) is 6.32. The van der Waals surface area contributed by atoms with E-state index in [2.05, 4.69) is 55.8 Å². The van der Waals surface area contributed by atoms with Crippen LogP contribution >= 0.6 is 0 Å². The molecule has 0 spiro atoms. The van der Waals surface area contributed by atoms with Crippen molar-refractivity contribution in [3.63, 3.8) is 0 Å². The lowest BCUT2D eigenvalue weighted by Crippen LogP contribution is -2.52. The molecule has 0 aliphatic rings. The summed E-state index contributed by atoms with van der Waals surface area (Å²) in [6.07, 6.45) is 0.998. The molecule has 3 nitrogen and oxygen atoms in total. The molecule has 0 atom stereocenters. The Morgan fingerprint density at radius 3 is 2.30 bits per heavy atom. The Morgan fingerprint density at radius 2 is 1.75 bits per heavy atom. The number of carbonyl (C=O) groups is 1. The third-order valence-corrected chi connectivity index (χ3v) is 10.9. The molecule has 1 N–H and O–H groups in total. The van der Waals surface area contributed by atoms with Crippen LogP contribution in [0.4, 0.5) is 0 Å². The van der Waals surface area contributed by atoms with E-state index < -0.39 is 16.6 Å². The van der Waals surface area contributed by atoms with Crippen LogP contribution in [0.5, 0.6) is 0 Å². The van der Waals surface area contributed by atoms with Gasteiger partial charge in [-0.3, -0.25) is 4.79 Å². The van der Waals surface area contributed by atoms with Crippen LogP contribution < -0.4 is 10.5 Å². The summed E-state index contributed by atoms with van der Waals surface area (Å²) in [5, 5.41) is 4.20. The van der Waals surface area contributed by atoms with E-state index in [1.807, 2.05) is 6.07 Å². The Balaban J connectivity index is 2.54. The minimum absolute atomic E-state index is 0.0457. The summed E-state index contributed by atoms with van der Waals surface area (Å²) >= 11 is 0. The van der Waals surface area contributed by atoms with E-state index in [-0.39, 0.29) is 5.91 Å². The number of hydrogen-bond donors (Lipinski definition) is 1. The van der Waals surface area contributed by atoms with Gasteiger partial charge in [-0.15, -0.1) is 0 Å². The van der Waals surface area contributed by atoms with Crippen LogP contribution in [0.15, 0.2) is 30.3 Å². The fraction of sp³-hybridized carbons (Fsp3) is 0.533. The molecular formula is C15H27NO2Si2. The standard InChI is InChI=1S/C15H27NO2Si2/c1-14(17)16-12-9-13-19(2,3)18-20(4,5)15-10-7-6-8-11-15/h6-8,10-11H,9,12-13H2,1-5H3,(H,16,17). The summed E-state index contributed by atoms with van der Waals surface area (Å²) < 4.78 is 6.58. The molecule has 0 radical (unpaired) electrons. The molecular weight excluding hydrogens is 282 g/mol. The second-order valence-corrected chi connectivity index (χ2v) is 14.8. The number of nitrogens with one attached hydrogen (secondary N) is 1. The van der Waals surface area contributed by atoms with Crippen LogP contribution in [0, 0.1) is 0 Å². The SMILES string of the molecule is CC(=O)NCCC[Si](C)(C)O[Si](C)(C)c1ccccc1. The molecule has 1 amide bonds. The fourth-order valence-electron chi connectivity index (χ4n) is 2.42. The molecule has 0 unspecified atom stereocenters. The first kappa shape index (κ1) is 17.1. The predicted octanol–water partition coefficient (Wildman–Crippen LogP) is 2.85. The van der Waals surface area contributed by atoms with Crippen molar-refractivity contribution >= 4 is 27.7 Å². The lowest BCUT2D eigenvalue weighted by molar-refractivity contribution is -0.118. The van der Waals surface area contributed by atoms with Crippen molar-refractivity contribution in [2.24, 2.45) is 0 Å². The highest BCUT2D eigenvalue weighted by atomic mass is 28.4. The third kappa shape index (κ3) is 6.02. The van der Waals surface area contributed by atoms with Crippen LogP contribution in [0.25, 0.3) is 0 Å². The quantitative estimate of drug-likeness (QED) is 0.621. The Hall–Kier alpha value is -0.916. The largest absolute Gasteiger partial charge is 0.452 e. The van der Waals surface area contributed by atoms with Gasteiger partial charge in [0.15, 0.2) is 8.32 Å². The highest BCUT2D eigenvalue weighted by molar-refractivity contribution is 6.92. The molecule has 1 aromatic carbocycles. The number of rotatable bonds is 7. The van der Waals surface area contributed by atoms with Crippen LogP contribution in [0.1, 0.15) is 13.3 Å². The molecule has 0 aliphatic carbocycles. The number of hydrogen-bond acceptors (Lipinski definition) is 2. The first-order chi connectivity index (χ1) is 9.23. The molecule has 0 saturated carbocycles. The van der Waals surface area contributed by atoms with Gasteiger partial charge in [-0.1, -0.05) is 30.3 Å². The zero-order valence-electron chi connectivity index (χ0n) is 13.3. The predicted molar refractivity (Wildman–Crippen MR) is 90.2 cm³/mol. The minimum atomic E-state index is -1.82. The van der Waals surface area contributed by atoms with Gasteiger partial charge in [0.25, 0.3) is 0 Å². The van der Waals surface area contributed by atoms with Crippen molar-refractivity contribution in [1.82, 2.24) is 5.32 Å². The summed E-state index contributed by atoms with van der Waals surface area (Å²) in [6.45, 7) is 11.4. The third-order valence-electron chi connectivity index (χ3n) is 3.33. The Labute approximate surface area is 125 Å². The fourth-order valence-corrected chi connectivity index (χ4v) is 10.8. The summed E-state index contributed by atoms with van der Waals surface area (Å²) in [4.78, 5) is 10.9. The summed E-state index contributed by atoms with van der Waals surface area (Å²) in [7, 11) is -3.51. The van der Waals surface area contributed by atoms with Gasteiger partial charge in [0.05, 0.1) is 0 Å². The van der Waals surface area contributed by atoms with Crippen molar-refractivity contribution in [2.75, 3.05) is 6.54 Å². The molecule has 112 valence electrons. The molecule has 1 rings (SSSR count). The number of amides is 1. The lowest BCUT2D eigenvalue weighted by Gasteiger charge is -2.34. The van der Waals surface area contributed by atoms with Crippen molar-refractivity contribution in [2.45, 2.75) is 45.6 Å². The topological polar surface area (TPSA) is 38.3 Å². The monoisotopic (exact) mass is 309 g/mol. The van der Waals surface area contributed by atoms with Crippen molar-refractivity contribution in [3.8, 4) is 0 Å². The molecule has 0 aliphatic heterocycles. The van der Waals surface area contributed by atoms with Gasteiger partial charge in [-0.2, -0.15) is 0 Å². The normalized spacial score (nSPS) is 12.2. The summed E-state index contributed by atoms with van der Waals surface area (Å²) in [5.74, 6) is 0.0457. The van der Waals surface area contributed by atoms with Gasteiger partial charge in [-0.05, 0) is 43.8 Å². The minimum Gasteiger partial charge on any atom is -0.452 e.